The Labute approximate surface area is 75.5 Å². The standard InChI is InChI=1S/C11H18O/c1-6-9(2)7-8-10(12)11(3,4)5/h9H,6H2,1-5H3. The molecule has 0 aromatic carbocycles. The first kappa shape index (κ1) is 11.2. The lowest BCUT2D eigenvalue weighted by Gasteiger charge is -2.11. The average Bonchev–Trinajstić information content (AvgIpc) is 1.97. The highest BCUT2D eigenvalue weighted by Crippen LogP contribution is 2.13. The summed E-state index contributed by atoms with van der Waals surface area (Å²) < 4.78 is 0. The molecule has 0 saturated heterocycles. The molecule has 0 rings (SSSR count). The maximum atomic E-state index is 11.3. The fraction of sp³-hybridized carbons (Fsp3) is 0.727. The number of Topliss-reactive ketones (excluding diaryl/α,β-unsaturated/α-hetero) is 1. The zero-order valence-electron chi connectivity index (χ0n) is 8.69. The van der Waals surface area contributed by atoms with Gasteiger partial charge in [0.15, 0.2) is 0 Å². The fourth-order valence-electron chi connectivity index (χ4n) is 0.478. The van der Waals surface area contributed by atoms with Crippen LogP contribution in [-0.4, -0.2) is 5.78 Å². The summed E-state index contributed by atoms with van der Waals surface area (Å²) in [6, 6.07) is 0. The lowest BCUT2D eigenvalue weighted by atomic mass is 9.91. The number of ketones is 1. The third kappa shape index (κ3) is 4.18. The molecule has 68 valence electrons. The van der Waals surface area contributed by atoms with E-state index in [0.29, 0.717) is 5.92 Å². The van der Waals surface area contributed by atoms with E-state index in [4.69, 9.17) is 0 Å². The van der Waals surface area contributed by atoms with Crippen LogP contribution < -0.4 is 0 Å². The fourth-order valence-corrected chi connectivity index (χ4v) is 0.478. The Morgan fingerprint density at radius 2 is 1.92 bits per heavy atom. The molecule has 0 saturated carbocycles. The van der Waals surface area contributed by atoms with Crippen molar-refractivity contribution < 1.29 is 4.79 Å². The SMILES string of the molecule is CCC(C)C#CC(=O)C(C)(C)C. The van der Waals surface area contributed by atoms with Crippen molar-refractivity contribution >= 4 is 5.78 Å². The normalized spacial score (nSPS) is 13.1. The molecule has 12 heavy (non-hydrogen) atoms. The summed E-state index contributed by atoms with van der Waals surface area (Å²) in [6.45, 7) is 9.77. The first-order chi connectivity index (χ1) is 5.38. The van der Waals surface area contributed by atoms with E-state index in [0.717, 1.165) is 6.42 Å². The van der Waals surface area contributed by atoms with Gasteiger partial charge in [-0.3, -0.25) is 4.79 Å². The van der Waals surface area contributed by atoms with E-state index in [9.17, 15) is 4.79 Å². The minimum Gasteiger partial charge on any atom is -0.284 e. The van der Waals surface area contributed by atoms with E-state index < -0.39 is 0 Å². The second kappa shape index (κ2) is 4.30. The molecular formula is C11H18O. The van der Waals surface area contributed by atoms with Crippen LogP contribution in [0.15, 0.2) is 0 Å². The highest BCUT2D eigenvalue weighted by Gasteiger charge is 2.18. The van der Waals surface area contributed by atoms with Crippen molar-refractivity contribution in [2.75, 3.05) is 0 Å². The summed E-state index contributed by atoms with van der Waals surface area (Å²) in [4.78, 5) is 11.3. The van der Waals surface area contributed by atoms with Crippen molar-refractivity contribution in [1.29, 1.82) is 0 Å². The van der Waals surface area contributed by atoms with Gasteiger partial charge in [-0.15, -0.1) is 0 Å². The van der Waals surface area contributed by atoms with Crippen molar-refractivity contribution in [3.05, 3.63) is 0 Å². The summed E-state index contributed by atoms with van der Waals surface area (Å²) in [5.74, 6) is 5.98. The van der Waals surface area contributed by atoms with Crippen LogP contribution in [0.3, 0.4) is 0 Å². The molecule has 0 aromatic rings. The van der Waals surface area contributed by atoms with Crippen LogP contribution in [0.25, 0.3) is 0 Å². The minimum atomic E-state index is -0.319. The molecule has 0 heterocycles. The minimum absolute atomic E-state index is 0.0304. The number of hydrogen-bond donors (Lipinski definition) is 0. The van der Waals surface area contributed by atoms with E-state index in [-0.39, 0.29) is 11.2 Å². The molecule has 0 radical (unpaired) electrons. The molecule has 1 unspecified atom stereocenters. The van der Waals surface area contributed by atoms with Gasteiger partial charge >= 0.3 is 0 Å². The molecule has 0 aliphatic carbocycles. The van der Waals surface area contributed by atoms with Crippen LogP contribution in [-0.2, 0) is 4.79 Å². The molecule has 0 aromatic heterocycles. The van der Waals surface area contributed by atoms with Crippen molar-refractivity contribution in [3.8, 4) is 11.8 Å². The number of carbonyl (C=O) groups is 1. The highest BCUT2D eigenvalue weighted by molar-refractivity contribution is 5.99. The lowest BCUT2D eigenvalue weighted by molar-refractivity contribution is -0.120. The first-order valence-electron chi connectivity index (χ1n) is 4.44. The molecule has 0 aliphatic heterocycles. The van der Waals surface area contributed by atoms with Crippen molar-refractivity contribution in [2.24, 2.45) is 11.3 Å². The van der Waals surface area contributed by atoms with Gasteiger partial charge < -0.3 is 0 Å². The Bertz CT molecular complexity index is 209. The molecule has 1 heteroatoms. The molecule has 0 fully saturated rings. The average molecular weight is 166 g/mol. The van der Waals surface area contributed by atoms with E-state index in [1.165, 1.54) is 0 Å². The third-order valence-corrected chi connectivity index (χ3v) is 1.73. The summed E-state index contributed by atoms with van der Waals surface area (Å²) >= 11 is 0. The first-order valence-corrected chi connectivity index (χ1v) is 4.44. The lowest BCUT2D eigenvalue weighted by Crippen LogP contribution is -2.17. The van der Waals surface area contributed by atoms with Gasteiger partial charge in [0.05, 0.1) is 0 Å². The zero-order valence-corrected chi connectivity index (χ0v) is 8.69. The van der Waals surface area contributed by atoms with Crippen molar-refractivity contribution in [1.82, 2.24) is 0 Å². The van der Waals surface area contributed by atoms with E-state index in [1.807, 2.05) is 27.7 Å². The Morgan fingerprint density at radius 1 is 1.42 bits per heavy atom. The second-order valence-corrected chi connectivity index (χ2v) is 4.16. The monoisotopic (exact) mass is 166 g/mol. The maximum absolute atomic E-state index is 11.3. The van der Waals surface area contributed by atoms with Gasteiger partial charge in [0.2, 0.25) is 5.78 Å². The van der Waals surface area contributed by atoms with Gasteiger partial charge in [0.25, 0.3) is 0 Å². The summed E-state index contributed by atoms with van der Waals surface area (Å²) in [5.41, 5.74) is -0.319. The smallest absolute Gasteiger partial charge is 0.210 e. The van der Waals surface area contributed by atoms with Crippen LogP contribution in [0.1, 0.15) is 41.0 Å². The summed E-state index contributed by atoms with van der Waals surface area (Å²) in [5, 5.41) is 0. The van der Waals surface area contributed by atoms with Gasteiger partial charge in [0, 0.05) is 11.3 Å². The maximum Gasteiger partial charge on any atom is 0.210 e. The molecule has 0 bridgehead atoms. The van der Waals surface area contributed by atoms with Gasteiger partial charge in [-0.2, -0.15) is 0 Å². The van der Waals surface area contributed by atoms with Gasteiger partial charge in [-0.05, 0) is 12.3 Å². The van der Waals surface area contributed by atoms with E-state index in [1.54, 1.807) is 0 Å². The van der Waals surface area contributed by atoms with Gasteiger partial charge in [-0.1, -0.05) is 40.5 Å². The number of carbonyl (C=O) groups excluding carboxylic acids is 1. The topological polar surface area (TPSA) is 17.1 Å². The molecule has 1 nitrogen and oxygen atoms in total. The number of hydrogen-bond acceptors (Lipinski definition) is 1. The molecule has 0 aliphatic rings. The predicted molar refractivity (Wildman–Crippen MR) is 51.7 cm³/mol. The van der Waals surface area contributed by atoms with Crippen molar-refractivity contribution in [2.45, 2.75) is 41.0 Å². The van der Waals surface area contributed by atoms with Gasteiger partial charge in [0.1, 0.15) is 0 Å². The summed E-state index contributed by atoms with van der Waals surface area (Å²) in [7, 11) is 0. The Morgan fingerprint density at radius 3 is 2.25 bits per heavy atom. The Balaban J connectivity index is 4.24. The third-order valence-electron chi connectivity index (χ3n) is 1.73. The van der Waals surface area contributed by atoms with E-state index in [2.05, 4.69) is 18.8 Å². The van der Waals surface area contributed by atoms with Crippen LogP contribution in [0.5, 0.6) is 0 Å². The predicted octanol–water partition coefficient (Wildman–Crippen LogP) is 2.65. The Kier molecular flexibility index (Phi) is 4.03. The van der Waals surface area contributed by atoms with Gasteiger partial charge in [-0.25, -0.2) is 0 Å². The highest BCUT2D eigenvalue weighted by atomic mass is 16.1. The van der Waals surface area contributed by atoms with Crippen LogP contribution >= 0.6 is 0 Å². The molecule has 0 amide bonds. The second-order valence-electron chi connectivity index (χ2n) is 4.16. The number of rotatable bonds is 1. The van der Waals surface area contributed by atoms with Crippen LogP contribution in [0.2, 0.25) is 0 Å². The molecule has 0 spiro atoms. The van der Waals surface area contributed by atoms with Crippen LogP contribution in [0.4, 0.5) is 0 Å². The largest absolute Gasteiger partial charge is 0.284 e. The summed E-state index contributed by atoms with van der Waals surface area (Å²) in [6.07, 6.45) is 1.00. The van der Waals surface area contributed by atoms with Crippen molar-refractivity contribution in [3.63, 3.8) is 0 Å². The van der Waals surface area contributed by atoms with E-state index >= 15 is 0 Å². The van der Waals surface area contributed by atoms with Crippen LogP contribution in [0, 0.1) is 23.2 Å². The quantitative estimate of drug-likeness (QED) is 0.432. The molecule has 0 N–H and O–H groups in total. The molecular weight excluding hydrogens is 148 g/mol. The Hall–Kier alpha value is -0.770. The zero-order chi connectivity index (χ0) is 9.78. The molecule has 1 atom stereocenters.